The summed E-state index contributed by atoms with van der Waals surface area (Å²) in [6, 6.07) is 0.559. The van der Waals surface area contributed by atoms with Gasteiger partial charge in [0.15, 0.2) is 5.82 Å². The zero-order valence-electron chi connectivity index (χ0n) is 13.8. The first-order valence-corrected chi connectivity index (χ1v) is 9.26. The number of rotatable bonds is 4. The number of nitrogens with one attached hydrogen (secondary N) is 1. The van der Waals surface area contributed by atoms with Gasteiger partial charge in [0.2, 0.25) is 0 Å². The van der Waals surface area contributed by atoms with E-state index in [4.69, 9.17) is 0 Å². The fourth-order valence-electron chi connectivity index (χ4n) is 4.01. The Morgan fingerprint density at radius 1 is 1.13 bits per heavy atom. The van der Waals surface area contributed by atoms with Gasteiger partial charge in [-0.2, -0.15) is 0 Å². The van der Waals surface area contributed by atoms with Gasteiger partial charge in [0.1, 0.15) is 6.33 Å². The van der Waals surface area contributed by atoms with Crippen molar-refractivity contribution in [2.24, 2.45) is 5.92 Å². The smallest absolute Gasteiger partial charge is 0.318 e. The van der Waals surface area contributed by atoms with Gasteiger partial charge in [0.05, 0.1) is 6.04 Å². The number of hydrogen-bond acceptors (Lipinski definition) is 3. The Hall–Kier alpha value is -1.59. The maximum absolute atomic E-state index is 12.8. The second-order valence-electron chi connectivity index (χ2n) is 7.42. The van der Waals surface area contributed by atoms with E-state index in [1.54, 1.807) is 0 Å². The summed E-state index contributed by atoms with van der Waals surface area (Å²) in [7, 11) is 0. The van der Waals surface area contributed by atoms with Crippen molar-refractivity contribution in [3.05, 3.63) is 12.2 Å². The Balaban J connectivity index is 1.48. The highest BCUT2D eigenvalue weighted by molar-refractivity contribution is 5.75. The molecule has 4 rings (SSSR count). The lowest BCUT2D eigenvalue weighted by atomic mass is 10.0. The molecule has 1 saturated heterocycles. The highest BCUT2D eigenvalue weighted by atomic mass is 16.2. The van der Waals surface area contributed by atoms with Crippen molar-refractivity contribution >= 4 is 6.03 Å². The molecular weight excluding hydrogens is 290 g/mol. The minimum atomic E-state index is 0.0893. The van der Waals surface area contributed by atoms with E-state index in [1.807, 2.05) is 11.2 Å². The molecule has 0 unspecified atom stereocenters. The zero-order chi connectivity index (χ0) is 15.6. The number of carbonyl (C=O) groups is 1. The lowest BCUT2D eigenvalue weighted by molar-refractivity contribution is 0.142. The predicted molar refractivity (Wildman–Crippen MR) is 86.8 cm³/mol. The third kappa shape index (κ3) is 3.35. The van der Waals surface area contributed by atoms with Gasteiger partial charge in [0.25, 0.3) is 0 Å². The summed E-state index contributed by atoms with van der Waals surface area (Å²) in [4.78, 5) is 14.8. The summed E-state index contributed by atoms with van der Waals surface area (Å²) in [5, 5.41) is 11.7. The van der Waals surface area contributed by atoms with Crippen LogP contribution in [0.1, 0.15) is 69.7 Å². The van der Waals surface area contributed by atoms with Crippen molar-refractivity contribution in [3.63, 3.8) is 0 Å². The van der Waals surface area contributed by atoms with Crippen molar-refractivity contribution in [2.75, 3.05) is 6.54 Å². The summed E-state index contributed by atoms with van der Waals surface area (Å²) in [6.45, 7) is 1.84. The van der Waals surface area contributed by atoms with Gasteiger partial charge >= 0.3 is 6.03 Å². The van der Waals surface area contributed by atoms with Crippen LogP contribution in [0.2, 0.25) is 0 Å². The first kappa shape index (κ1) is 15.0. The molecule has 1 N–H and O–H groups in total. The first-order chi connectivity index (χ1) is 11.3. The van der Waals surface area contributed by atoms with Crippen LogP contribution in [0.4, 0.5) is 4.79 Å². The van der Waals surface area contributed by atoms with Gasteiger partial charge in [0, 0.05) is 19.1 Å². The summed E-state index contributed by atoms with van der Waals surface area (Å²) < 4.78 is 2.18. The molecule has 6 nitrogen and oxygen atoms in total. The molecule has 2 aliphatic carbocycles. The lowest BCUT2D eigenvalue weighted by Gasteiger charge is -2.36. The molecular formula is C17H27N5O. The van der Waals surface area contributed by atoms with Crippen LogP contribution in [0, 0.1) is 5.92 Å². The van der Waals surface area contributed by atoms with Gasteiger partial charge in [-0.3, -0.25) is 0 Å². The van der Waals surface area contributed by atoms with E-state index in [0.717, 1.165) is 56.9 Å². The summed E-state index contributed by atoms with van der Waals surface area (Å²) in [5.74, 6) is 1.77. The van der Waals surface area contributed by atoms with Crippen LogP contribution in [-0.2, 0) is 6.54 Å². The normalized spacial score (nSPS) is 25.7. The molecule has 2 amide bonds. The molecule has 0 bridgehead atoms. The van der Waals surface area contributed by atoms with Gasteiger partial charge < -0.3 is 14.8 Å². The van der Waals surface area contributed by atoms with Crippen LogP contribution in [0.15, 0.2) is 6.33 Å². The highest BCUT2D eigenvalue weighted by Gasteiger charge is 2.33. The van der Waals surface area contributed by atoms with Crippen LogP contribution < -0.4 is 5.32 Å². The van der Waals surface area contributed by atoms with Crippen molar-refractivity contribution < 1.29 is 4.79 Å². The molecule has 23 heavy (non-hydrogen) atoms. The van der Waals surface area contributed by atoms with E-state index in [2.05, 4.69) is 20.1 Å². The van der Waals surface area contributed by atoms with Crippen molar-refractivity contribution in [3.8, 4) is 0 Å². The number of carbonyl (C=O) groups excluding carboxylic acids is 1. The summed E-state index contributed by atoms with van der Waals surface area (Å²) >= 11 is 0. The Labute approximate surface area is 137 Å². The fraction of sp³-hybridized carbons (Fsp3) is 0.824. The molecule has 1 aromatic heterocycles. The number of piperidine rings is 1. The number of aromatic nitrogens is 3. The molecule has 0 radical (unpaired) electrons. The largest absolute Gasteiger partial charge is 0.335 e. The average Bonchev–Trinajstić information content (AvgIpc) is 3.04. The topological polar surface area (TPSA) is 63.1 Å². The molecule has 3 fully saturated rings. The summed E-state index contributed by atoms with van der Waals surface area (Å²) in [6.07, 6.45) is 12.5. The van der Waals surface area contributed by atoms with E-state index in [-0.39, 0.29) is 12.1 Å². The van der Waals surface area contributed by atoms with Crippen LogP contribution in [-0.4, -0.2) is 38.3 Å². The minimum absolute atomic E-state index is 0.0893. The van der Waals surface area contributed by atoms with Crippen LogP contribution in [0.25, 0.3) is 0 Å². The standard InChI is InChI=1S/C17H27N5O/c23-17(19-14-5-1-2-6-14)22-10-4-3-7-15(22)16-20-18-12-21(16)11-13-8-9-13/h12-15H,1-11H2,(H,19,23)/t15-/m0/s1. The first-order valence-electron chi connectivity index (χ1n) is 9.26. The molecule has 126 valence electrons. The lowest BCUT2D eigenvalue weighted by Crippen LogP contribution is -2.48. The molecule has 0 aromatic carbocycles. The predicted octanol–water partition coefficient (Wildman–Crippen LogP) is 2.87. The Bertz CT molecular complexity index is 547. The van der Waals surface area contributed by atoms with E-state index in [9.17, 15) is 4.79 Å². The fourth-order valence-corrected chi connectivity index (χ4v) is 4.01. The highest BCUT2D eigenvalue weighted by Crippen LogP contribution is 2.34. The molecule has 1 aromatic rings. The molecule has 6 heteroatoms. The molecule has 2 saturated carbocycles. The van der Waals surface area contributed by atoms with Crippen molar-refractivity contribution in [1.29, 1.82) is 0 Å². The number of urea groups is 1. The molecule has 1 atom stereocenters. The average molecular weight is 317 g/mol. The van der Waals surface area contributed by atoms with Crippen molar-refractivity contribution in [2.45, 2.75) is 76.4 Å². The monoisotopic (exact) mass is 317 g/mol. The molecule has 2 heterocycles. The number of likely N-dealkylation sites (tertiary alicyclic amines) is 1. The number of nitrogens with zero attached hydrogens (tertiary/aromatic N) is 4. The van der Waals surface area contributed by atoms with E-state index >= 15 is 0 Å². The maximum Gasteiger partial charge on any atom is 0.318 e. The Morgan fingerprint density at radius 2 is 1.91 bits per heavy atom. The molecule has 1 aliphatic heterocycles. The van der Waals surface area contributed by atoms with Gasteiger partial charge in [-0.05, 0) is 50.9 Å². The van der Waals surface area contributed by atoms with E-state index in [0.29, 0.717) is 6.04 Å². The zero-order valence-corrected chi connectivity index (χ0v) is 13.8. The Kier molecular flexibility index (Phi) is 4.23. The van der Waals surface area contributed by atoms with Gasteiger partial charge in [-0.1, -0.05) is 12.8 Å². The quantitative estimate of drug-likeness (QED) is 0.929. The molecule has 0 spiro atoms. The van der Waals surface area contributed by atoms with Crippen LogP contribution in [0.3, 0.4) is 0 Å². The minimum Gasteiger partial charge on any atom is -0.335 e. The van der Waals surface area contributed by atoms with Gasteiger partial charge in [-0.25, -0.2) is 4.79 Å². The second kappa shape index (κ2) is 6.49. The maximum atomic E-state index is 12.8. The SMILES string of the molecule is O=C(NC1CCCC1)N1CCCC[C@H]1c1nncn1CC1CC1. The van der Waals surface area contributed by atoms with Crippen molar-refractivity contribution in [1.82, 2.24) is 25.0 Å². The number of amides is 2. The van der Waals surface area contributed by atoms with Crippen LogP contribution in [0.5, 0.6) is 0 Å². The third-order valence-corrected chi connectivity index (χ3v) is 5.54. The molecule has 3 aliphatic rings. The Morgan fingerprint density at radius 3 is 2.70 bits per heavy atom. The second-order valence-corrected chi connectivity index (χ2v) is 7.42. The van der Waals surface area contributed by atoms with Crippen LogP contribution >= 0.6 is 0 Å². The number of hydrogen-bond donors (Lipinski definition) is 1. The third-order valence-electron chi connectivity index (χ3n) is 5.54. The van der Waals surface area contributed by atoms with Gasteiger partial charge in [-0.15, -0.1) is 10.2 Å². The van der Waals surface area contributed by atoms with E-state index < -0.39 is 0 Å². The summed E-state index contributed by atoms with van der Waals surface area (Å²) in [5.41, 5.74) is 0. The van der Waals surface area contributed by atoms with E-state index in [1.165, 1.54) is 25.7 Å².